The molecule has 1 atom stereocenters. The van der Waals surface area contributed by atoms with E-state index in [2.05, 4.69) is 5.32 Å². The standard InChI is InChI=1S/C21H22ClNO4/c22-17-8-6-16(7-9-17)19(24)11-12-20(25)23-18(10-13-21(26)27)14-15-4-2-1-3-5-15/h1-9,18H,10-14H2,(H,23,25)(H,26,27). The third kappa shape index (κ3) is 7.62. The van der Waals surface area contributed by atoms with Gasteiger partial charge >= 0.3 is 5.97 Å². The van der Waals surface area contributed by atoms with E-state index >= 15 is 0 Å². The zero-order valence-electron chi connectivity index (χ0n) is 14.9. The van der Waals surface area contributed by atoms with Gasteiger partial charge in [0.25, 0.3) is 0 Å². The molecule has 2 rings (SSSR count). The van der Waals surface area contributed by atoms with Crippen molar-refractivity contribution in [2.75, 3.05) is 0 Å². The molecule has 0 heterocycles. The quantitative estimate of drug-likeness (QED) is 0.606. The van der Waals surface area contributed by atoms with Crippen LogP contribution in [0.4, 0.5) is 0 Å². The highest BCUT2D eigenvalue weighted by Crippen LogP contribution is 2.13. The summed E-state index contributed by atoms with van der Waals surface area (Å²) in [6, 6.07) is 15.8. The Kier molecular flexibility index (Phi) is 8.01. The summed E-state index contributed by atoms with van der Waals surface area (Å²) in [5.74, 6) is -1.30. The maximum absolute atomic E-state index is 12.2. The maximum atomic E-state index is 12.2. The van der Waals surface area contributed by atoms with Crippen LogP contribution < -0.4 is 5.32 Å². The fraction of sp³-hybridized carbons (Fsp3) is 0.286. The lowest BCUT2D eigenvalue weighted by Gasteiger charge is -2.18. The second-order valence-electron chi connectivity index (χ2n) is 6.32. The highest BCUT2D eigenvalue weighted by atomic mass is 35.5. The molecule has 1 unspecified atom stereocenters. The number of carbonyl (C=O) groups excluding carboxylic acids is 2. The zero-order chi connectivity index (χ0) is 19.6. The van der Waals surface area contributed by atoms with E-state index < -0.39 is 5.97 Å². The Morgan fingerprint density at radius 1 is 0.926 bits per heavy atom. The molecular formula is C21H22ClNO4. The molecule has 0 bridgehead atoms. The number of ketones is 1. The number of carbonyl (C=O) groups is 3. The van der Waals surface area contributed by atoms with E-state index in [-0.39, 0.29) is 37.0 Å². The van der Waals surface area contributed by atoms with E-state index in [0.717, 1.165) is 5.56 Å². The number of carboxylic acids is 1. The van der Waals surface area contributed by atoms with Crippen LogP contribution in [-0.2, 0) is 16.0 Å². The van der Waals surface area contributed by atoms with Gasteiger partial charge in [-0.25, -0.2) is 0 Å². The van der Waals surface area contributed by atoms with Gasteiger partial charge in [-0.05, 0) is 42.7 Å². The summed E-state index contributed by atoms with van der Waals surface area (Å²) in [5.41, 5.74) is 1.53. The van der Waals surface area contributed by atoms with Crippen LogP contribution in [0, 0.1) is 0 Å². The fourth-order valence-electron chi connectivity index (χ4n) is 2.73. The molecule has 27 heavy (non-hydrogen) atoms. The van der Waals surface area contributed by atoms with Gasteiger partial charge in [0.05, 0.1) is 0 Å². The van der Waals surface area contributed by atoms with Crippen LogP contribution in [-0.4, -0.2) is 28.8 Å². The Bertz CT molecular complexity index is 775. The Hall–Kier alpha value is -2.66. The van der Waals surface area contributed by atoms with E-state index in [1.807, 2.05) is 30.3 Å². The summed E-state index contributed by atoms with van der Waals surface area (Å²) in [7, 11) is 0. The summed E-state index contributed by atoms with van der Waals surface area (Å²) in [4.78, 5) is 35.3. The molecule has 0 saturated heterocycles. The van der Waals surface area contributed by atoms with Crippen LogP contribution in [0.2, 0.25) is 5.02 Å². The first-order valence-corrected chi connectivity index (χ1v) is 9.15. The smallest absolute Gasteiger partial charge is 0.303 e. The highest BCUT2D eigenvalue weighted by Gasteiger charge is 2.16. The normalized spacial score (nSPS) is 11.6. The fourth-order valence-corrected chi connectivity index (χ4v) is 2.85. The number of benzene rings is 2. The van der Waals surface area contributed by atoms with Crippen LogP contribution >= 0.6 is 11.6 Å². The highest BCUT2D eigenvalue weighted by molar-refractivity contribution is 6.30. The van der Waals surface area contributed by atoms with Gasteiger partial charge in [0, 0.05) is 35.9 Å². The van der Waals surface area contributed by atoms with Gasteiger partial charge in [-0.3, -0.25) is 14.4 Å². The van der Waals surface area contributed by atoms with Gasteiger partial charge in [-0.1, -0.05) is 41.9 Å². The topological polar surface area (TPSA) is 83.5 Å². The predicted octanol–water partition coefficient (Wildman–Crippen LogP) is 3.90. The van der Waals surface area contributed by atoms with E-state index in [4.69, 9.17) is 16.7 Å². The number of rotatable bonds is 10. The van der Waals surface area contributed by atoms with Crippen molar-refractivity contribution in [1.29, 1.82) is 0 Å². The Morgan fingerprint density at radius 2 is 1.59 bits per heavy atom. The number of halogens is 1. The predicted molar refractivity (Wildman–Crippen MR) is 104 cm³/mol. The zero-order valence-corrected chi connectivity index (χ0v) is 15.6. The summed E-state index contributed by atoms with van der Waals surface area (Å²) < 4.78 is 0. The maximum Gasteiger partial charge on any atom is 0.303 e. The Labute approximate surface area is 163 Å². The van der Waals surface area contributed by atoms with Gasteiger partial charge in [0.1, 0.15) is 0 Å². The molecule has 0 aliphatic rings. The van der Waals surface area contributed by atoms with Gasteiger partial charge in [-0.2, -0.15) is 0 Å². The average molecular weight is 388 g/mol. The molecule has 0 aliphatic heterocycles. The van der Waals surface area contributed by atoms with Gasteiger partial charge in [0.2, 0.25) is 5.91 Å². The largest absolute Gasteiger partial charge is 0.481 e. The second kappa shape index (κ2) is 10.5. The third-order valence-electron chi connectivity index (χ3n) is 4.14. The molecule has 0 aliphatic carbocycles. The Morgan fingerprint density at radius 3 is 2.22 bits per heavy atom. The molecule has 2 aromatic rings. The first kappa shape index (κ1) is 20.6. The van der Waals surface area contributed by atoms with E-state index in [1.165, 1.54) is 0 Å². The molecule has 6 heteroatoms. The van der Waals surface area contributed by atoms with E-state index in [9.17, 15) is 14.4 Å². The minimum Gasteiger partial charge on any atom is -0.481 e. The van der Waals surface area contributed by atoms with Crippen molar-refractivity contribution in [1.82, 2.24) is 5.32 Å². The lowest BCUT2D eigenvalue weighted by Crippen LogP contribution is -2.37. The number of Topliss-reactive ketones (excluding diaryl/α,β-unsaturated/α-hetero) is 1. The molecule has 0 saturated carbocycles. The summed E-state index contributed by atoms with van der Waals surface area (Å²) >= 11 is 5.80. The van der Waals surface area contributed by atoms with Crippen molar-refractivity contribution in [3.05, 3.63) is 70.7 Å². The SMILES string of the molecule is O=C(O)CCC(Cc1ccccc1)NC(=O)CCC(=O)c1ccc(Cl)cc1. The molecule has 2 aromatic carbocycles. The molecule has 1 amide bonds. The average Bonchev–Trinajstić information content (AvgIpc) is 2.65. The van der Waals surface area contributed by atoms with Crippen molar-refractivity contribution >= 4 is 29.3 Å². The van der Waals surface area contributed by atoms with Gasteiger partial charge in [-0.15, -0.1) is 0 Å². The molecule has 2 N–H and O–H groups in total. The van der Waals surface area contributed by atoms with E-state index in [0.29, 0.717) is 23.4 Å². The molecule has 5 nitrogen and oxygen atoms in total. The number of aliphatic carboxylic acids is 1. The number of hydrogen-bond donors (Lipinski definition) is 2. The number of nitrogens with one attached hydrogen (secondary N) is 1. The number of carboxylic acid groups (broad SMARTS) is 1. The minimum atomic E-state index is -0.903. The minimum absolute atomic E-state index is 0.0263. The van der Waals surface area contributed by atoms with Crippen molar-refractivity contribution in [2.24, 2.45) is 0 Å². The monoisotopic (exact) mass is 387 g/mol. The lowest BCUT2D eigenvalue weighted by molar-refractivity contribution is -0.137. The molecular weight excluding hydrogens is 366 g/mol. The second-order valence-corrected chi connectivity index (χ2v) is 6.75. The summed E-state index contributed by atoms with van der Waals surface area (Å²) in [6.45, 7) is 0. The van der Waals surface area contributed by atoms with Crippen LogP contribution in [0.15, 0.2) is 54.6 Å². The number of hydrogen-bond acceptors (Lipinski definition) is 3. The van der Waals surface area contributed by atoms with Crippen molar-refractivity contribution in [2.45, 2.75) is 38.1 Å². The summed E-state index contributed by atoms with van der Waals surface area (Å²) in [6.07, 6.45) is 0.998. The molecule has 0 spiro atoms. The van der Waals surface area contributed by atoms with Gasteiger partial charge < -0.3 is 10.4 Å². The first-order chi connectivity index (χ1) is 12.9. The van der Waals surface area contributed by atoms with Crippen LogP contribution in [0.5, 0.6) is 0 Å². The van der Waals surface area contributed by atoms with Gasteiger partial charge in [0.15, 0.2) is 5.78 Å². The van der Waals surface area contributed by atoms with Crippen molar-refractivity contribution in [3.63, 3.8) is 0 Å². The lowest BCUT2D eigenvalue weighted by atomic mass is 10.0. The molecule has 0 radical (unpaired) electrons. The van der Waals surface area contributed by atoms with Crippen LogP contribution in [0.25, 0.3) is 0 Å². The first-order valence-electron chi connectivity index (χ1n) is 8.78. The number of amides is 1. The van der Waals surface area contributed by atoms with Crippen LogP contribution in [0.1, 0.15) is 41.6 Å². The van der Waals surface area contributed by atoms with Crippen molar-refractivity contribution in [3.8, 4) is 0 Å². The van der Waals surface area contributed by atoms with Crippen molar-refractivity contribution < 1.29 is 19.5 Å². The molecule has 142 valence electrons. The third-order valence-corrected chi connectivity index (χ3v) is 4.39. The van der Waals surface area contributed by atoms with Crippen LogP contribution in [0.3, 0.4) is 0 Å². The molecule has 0 aromatic heterocycles. The molecule has 0 fully saturated rings. The van der Waals surface area contributed by atoms with E-state index in [1.54, 1.807) is 24.3 Å². The summed E-state index contributed by atoms with van der Waals surface area (Å²) in [5, 5.41) is 12.3. The Balaban J connectivity index is 1.88.